The lowest BCUT2D eigenvalue weighted by atomic mass is 10.3. The number of anilines is 1. The number of halogens is 2. The van der Waals surface area contributed by atoms with E-state index in [-0.39, 0.29) is 6.54 Å². The summed E-state index contributed by atoms with van der Waals surface area (Å²) in [5.74, 6) is -1.36. The summed E-state index contributed by atoms with van der Waals surface area (Å²) in [6.45, 7) is -0.0240. The van der Waals surface area contributed by atoms with Crippen LogP contribution in [0, 0.1) is 11.6 Å². The molecule has 0 unspecified atom stereocenters. The third kappa shape index (κ3) is 3.35. The Balaban J connectivity index is 1.67. The molecule has 0 aliphatic rings. The van der Waals surface area contributed by atoms with E-state index in [9.17, 15) is 13.6 Å². The van der Waals surface area contributed by atoms with Gasteiger partial charge in [-0.15, -0.1) is 5.10 Å². The molecular formula is C15H12F2N6O. The molecule has 7 nitrogen and oxygen atoms in total. The molecule has 0 atom stereocenters. The fraction of sp³-hybridized carbons (Fsp3) is 0.0667. The fourth-order valence-corrected chi connectivity index (χ4v) is 2.02. The van der Waals surface area contributed by atoms with Crippen LogP contribution in [0.2, 0.25) is 0 Å². The second kappa shape index (κ2) is 6.82. The SMILES string of the molecule is O=C(NCc1nnnn1-c1ccccc1)Nc1c(F)cccc1F. The average Bonchev–Trinajstić information content (AvgIpc) is 3.06. The lowest BCUT2D eigenvalue weighted by Gasteiger charge is -2.09. The minimum absolute atomic E-state index is 0.0240. The van der Waals surface area contributed by atoms with Crippen molar-refractivity contribution in [3.05, 3.63) is 66.0 Å². The van der Waals surface area contributed by atoms with Crippen molar-refractivity contribution in [3.63, 3.8) is 0 Å². The third-order valence-electron chi connectivity index (χ3n) is 3.14. The van der Waals surface area contributed by atoms with Crippen molar-refractivity contribution in [3.8, 4) is 5.69 Å². The molecule has 9 heteroatoms. The number of para-hydroxylation sites is 2. The number of aromatic nitrogens is 4. The molecule has 1 heterocycles. The molecule has 24 heavy (non-hydrogen) atoms. The highest BCUT2D eigenvalue weighted by molar-refractivity contribution is 5.89. The monoisotopic (exact) mass is 330 g/mol. The summed E-state index contributed by atoms with van der Waals surface area (Å²) >= 11 is 0. The van der Waals surface area contributed by atoms with Crippen LogP contribution in [0.15, 0.2) is 48.5 Å². The van der Waals surface area contributed by atoms with Gasteiger partial charge in [-0.2, -0.15) is 4.68 Å². The van der Waals surface area contributed by atoms with Gasteiger partial charge in [-0.05, 0) is 34.7 Å². The van der Waals surface area contributed by atoms with E-state index in [2.05, 4.69) is 26.2 Å². The van der Waals surface area contributed by atoms with E-state index in [0.29, 0.717) is 5.82 Å². The van der Waals surface area contributed by atoms with Crippen molar-refractivity contribution in [1.29, 1.82) is 0 Å². The Morgan fingerprint density at radius 2 is 1.75 bits per heavy atom. The number of hydrogen-bond acceptors (Lipinski definition) is 4. The number of carbonyl (C=O) groups is 1. The van der Waals surface area contributed by atoms with Crippen LogP contribution >= 0.6 is 0 Å². The lowest BCUT2D eigenvalue weighted by molar-refractivity contribution is 0.251. The smallest absolute Gasteiger partial charge is 0.319 e. The van der Waals surface area contributed by atoms with E-state index in [0.717, 1.165) is 17.8 Å². The van der Waals surface area contributed by atoms with Gasteiger partial charge in [-0.3, -0.25) is 0 Å². The first-order chi connectivity index (χ1) is 11.6. The highest BCUT2D eigenvalue weighted by atomic mass is 19.1. The zero-order valence-corrected chi connectivity index (χ0v) is 12.3. The lowest BCUT2D eigenvalue weighted by Crippen LogP contribution is -2.30. The Kier molecular flexibility index (Phi) is 4.41. The predicted molar refractivity (Wildman–Crippen MR) is 81.4 cm³/mol. The largest absolute Gasteiger partial charge is 0.330 e. The summed E-state index contributed by atoms with van der Waals surface area (Å²) in [6.07, 6.45) is 0. The van der Waals surface area contributed by atoms with Crippen LogP contribution in [0.1, 0.15) is 5.82 Å². The molecule has 0 aliphatic heterocycles. The number of benzene rings is 2. The molecular weight excluding hydrogens is 318 g/mol. The Hall–Kier alpha value is -3.36. The molecule has 0 saturated carbocycles. The van der Waals surface area contributed by atoms with Gasteiger partial charge < -0.3 is 10.6 Å². The van der Waals surface area contributed by atoms with Crippen LogP contribution in [0.25, 0.3) is 5.69 Å². The summed E-state index contributed by atoms with van der Waals surface area (Å²) in [5, 5.41) is 15.8. The van der Waals surface area contributed by atoms with Gasteiger partial charge in [0, 0.05) is 0 Å². The first-order valence-corrected chi connectivity index (χ1v) is 6.96. The van der Waals surface area contributed by atoms with Crippen molar-refractivity contribution in [1.82, 2.24) is 25.5 Å². The molecule has 122 valence electrons. The second-order valence-corrected chi connectivity index (χ2v) is 4.75. The van der Waals surface area contributed by atoms with E-state index in [1.807, 2.05) is 18.2 Å². The Morgan fingerprint density at radius 3 is 2.46 bits per heavy atom. The van der Waals surface area contributed by atoms with E-state index < -0.39 is 23.4 Å². The molecule has 2 aromatic carbocycles. The van der Waals surface area contributed by atoms with Crippen LogP contribution in [0.4, 0.5) is 19.3 Å². The summed E-state index contributed by atoms with van der Waals surface area (Å²) in [5.41, 5.74) is 0.206. The average molecular weight is 330 g/mol. The van der Waals surface area contributed by atoms with Gasteiger partial charge in [-0.25, -0.2) is 13.6 Å². The Morgan fingerprint density at radius 1 is 1.04 bits per heavy atom. The molecule has 0 fully saturated rings. The highest BCUT2D eigenvalue weighted by Gasteiger charge is 2.13. The molecule has 0 bridgehead atoms. The number of urea groups is 1. The topological polar surface area (TPSA) is 84.7 Å². The van der Waals surface area contributed by atoms with Crippen molar-refractivity contribution in [2.24, 2.45) is 0 Å². The molecule has 2 N–H and O–H groups in total. The number of amides is 2. The normalized spacial score (nSPS) is 10.4. The van der Waals surface area contributed by atoms with Crippen molar-refractivity contribution in [2.45, 2.75) is 6.54 Å². The number of carbonyl (C=O) groups excluding carboxylic acids is 1. The van der Waals surface area contributed by atoms with E-state index in [1.54, 1.807) is 12.1 Å². The van der Waals surface area contributed by atoms with E-state index >= 15 is 0 Å². The van der Waals surface area contributed by atoms with Crippen molar-refractivity contribution < 1.29 is 13.6 Å². The fourth-order valence-electron chi connectivity index (χ4n) is 2.02. The highest BCUT2D eigenvalue weighted by Crippen LogP contribution is 2.17. The van der Waals surface area contributed by atoms with Crippen LogP contribution in [-0.4, -0.2) is 26.2 Å². The molecule has 3 aromatic rings. The molecule has 0 saturated heterocycles. The number of tetrazole rings is 1. The van der Waals surface area contributed by atoms with Gasteiger partial charge in [0.15, 0.2) is 5.82 Å². The first-order valence-electron chi connectivity index (χ1n) is 6.96. The Labute approximate surface area is 135 Å². The van der Waals surface area contributed by atoms with Crippen LogP contribution in [-0.2, 0) is 6.54 Å². The molecule has 3 rings (SSSR count). The van der Waals surface area contributed by atoms with Gasteiger partial charge in [-0.1, -0.05) is 24.3 Å². The standard InChI is InChI=1S/C15H12F2N6O/c16-11-7-4-8-12(17)14(11)19-15(24)18-9-13-20-21-22-23(13)10-5-2-1-3-6-10/h1-8H,9H2,(H2,18,19,24). The molecule has 0 spiro atoms. The van der Waals surface area contributed by atoms with Gasteiger partial charge in [0.2, 0.25) is 0 Å². The molecule has 0 aliphatic carbocycles. The van der Waals surface area contributed by atoms with Gasteiger partial charge >= 0.3 is 6.03 Å². The second-order valence-electron chi connectivity index (χ2n) is 4.75. The van der Waals surface area contributed by atoms with Crippen molar-refractivity contribution >= 4 is 11.7 Å². The summed E-state index contributed by atoms with van der Waals surface area (Å²) in [7, 11) is 0. The summed E-state index contributed by atoms with van der Waals surface area (Å²) in [4.78, 5) is 11.8. The zero-order valence-electron chi connectivity index (χ0n) is 12.3. The number of hydrogen-bond donors (Lipinski definition) is 2. The predicted octanol–water partition coefficient (Wildman–Crippen LogP) is 2.26. The molecule has 1 aromatic heterocycles. The Bertz CT molecular complexity index is 832. The van der Waals surface area contributed by atoms with Gasteiger partial charge in [0.05, 0.1) is 12.2 Å². The maximum absolute atomic E-state index is 13.5. The van der Waals surface area contributed by atoms with Gasteiger partial charge in [0.1, 0.15) is 17.3 Å². The quantitative estimate of drug-likeness (QED) is 0.768. The maximum Gasteiger partial charge on any atom is 0.319 e. The summed E-state index contributed by atoms with van der Waals surface area (Å²) in [6, 6.07) is 11.6. The van der Waals surface area contributed by atoms with Crippen molar-refractivity contribution in [2.75, 3.05) is 5.32 Å². The number of nitrogens with one attached hydrogen (secondary N) is 2. The van der Waals surface area contributed by atoms with Crippen LogP contribution < -0.4 is 10.6 Å². The number of rotatable bonds is 4. The maximum atomic E-state index is 13.5. The molecule has 0 radical (unpaired) electrons. The summed E-state index contributed by atoms with van der Waals surface area (Å²) < 4.78 is 28.4. The minimum atomic E-state index is -0.862. The third-order valence-corrected chi connectivity index (χ3v) is 3.14. The van der Waals surface area contributed by atoms with E-state index in [1.165, 1.54) is 10.7 Å². The van der Waals surface area contributed by atoms with Crippen LogP contribution in [0.3, 0.4) is 0 Å². The zero-order chi connectivity index (χ0) is 16.9. The van der Waals surface area contributed by atoms with E-state index in [4.69, 9.17) is 0 Å². The number of nitrogens with zero attached hydrogens (tertiary/aromatic N) is 4. The van der Waals surface area contributed by atoms with Gasteiger partial charge in [0.25, 0.3) is 0 Å². The van der Waals surface area contributed by atoms with Crippen LogP contribution in [0.5, 0.6) is 0 Å². The minimum Gasteiger partial charge on any atom is -0.330 e. The first kappa shape index (κ1) is 15.5. The molecule has 2 amide bonds.